The van der Waals surface area contributed by atoms with E-state index >= 15 is 0 Å². The first-order chi connectivity index (χ1) is 9.60. The van der Waals surface area contributed by atoms with E-state index in [2.05, 4.69) is 0 Å². The zero-order valence-electron chi connectivity index (χ0n) is 10.9. The smallest absolute Gasteiger partial charge is 0.189 e. The van der Waals surface area contributed by atoms with E-state index in [4.69, 9.17) is 4.74 Å². The fraction of sp³-hybridized carbons (Fsp3) is 0.0625. The van der Waals surface area contributed by atoms with Crippen molar-refractivity contribution >= 4 is 11.9 Å². The van der Waals surface area contributed by atoms with E-state index in [1.807, 2.05) is 0 Å². The first kappa shape index (κ1) is 13.7. The maximum absolute atomic E-state index is 12.0. The molecule has 0 bridgehead atoms. The highest BCUT2D eigenvalue weighted by Gasteiger charge is 2.09. The molecule has 0 aliphatic heterocycles. The SMILES string of the molecule is COc1ccc(C(=O)/C=C\c2cccc(O)c2)c(O)c1. The number of phenols is 2. The molecule has 0 aliphatic rings. The first-order valence-corrected chi connectivity index (χ1v) is 5.98. The van der Waals surface area contributed by atoms with Crippen LogP contribution in [0.5, 0.6) is 17.2 Å². The molecule has 0 spiro atoms. The number of rotatable bonds is 4. The quantitative estimate of drug-likeness (QED) is 0.662. The van der Waals surface area contributed by atoms with Crippen molar-refractivity contribution in [3.63, 3.8) is 0 Å². The molecule has 0 fully saturated rings. The van der Waals surface area contributed by atoms with Crippen LogP contribution in [0.2, 0.25) is 0 Å². The van der Waals surface area contributed by atoms with Gasteiger partial charge in [-0.05, 0) is 35.9 Å². The lowest BCUT2D eigenvalue weighted by atomic mass is 10.1. The summed E-state index contributed by atoms with van der Waals surface area (Å²) >= 11 is 0. The zero-order chi connectivity index (χ0) is 14.5. The summed E-state index contributed by atoms with van der Waals surface area (Å²) in [5.41, 5.74) is 0.897. The number of ketones is 1. The molecule has 0 radical (unpaired) electrons. The Kier molecular flexibility index (Phi) is 4.05. The summed E-state index contributed by atoms with van der Waals surface area (Å²) < 4.78 is 4.96. The van der Waals surface area contributed by atoms with Crippen molar-refractivity contribution < 1.29 is 19.7 Å². The third-order valence-corrected chi connectivity index (χ3v) is 2.77. The second kappa shape index (κ2) is 5.93. The third kappa shape index (κ3) is 3.17. The van der Waals surface area contributed by atoms with Gasteiger partial charge in [0.2, 0.25) is 0 Å². The van der Waals surface area contributed by atoms with E-state index < -0.39 is 0 Å². The third-order valence-electron chi connectivity index (χ3n) is 2.77. The van der Waals surface area contributed by atoms with Gasteiger partial charge < -0.3 is 14.9 Å². The van der Waals surface area contributed by atoms with Gasteiger partial charge in [0, 0.05) is 6.07 Å². The average molecular weight is 270 g/mol. The molecule has 0 unspecified atom stereocenters. The molecular formula is C16H14O4. The highest BCUT2D eigenvalue weighted by Crippen LogP contribution is 2.24. The van der Waals surface area contributed by atoms with Crippen molar-refractivity contribution in [2.75, 3.05) is 7.11 Å². The highest BCUT2D eigenvalue weighted by atomic mass is 16.5. The predicted molar refractivity (Wildman–Crippen MR) is 76.1 cm³/mol. The second-order valence-corrected chi connectivity index (χ2v) is 4.18. The minimum absolute atomic E-state index is 0.130. The molecule has 4 nitrogen and oxygen atoms in total. The summed E-state index contributed by atoms with van der Waals surface area (Å²) in [6, 6.07) is 11.0. The van der Waals surface area contributed by atoms with Crippen LogP contribution in [0, 0.1) is 0 Å². The topological polar surface area (TPSA) is 66.8 Å². The molecule has 2 rings (SSSR count). The van der Waals surface area contributed by atoms with Crippen LogP contribution in [0.15, 0.2) is 48.5 Å². The molecule has 0 saturated carbocycles. The number of hydrogen-bond acceptors (Lipinski definition) is 4. The van der Waals surface area contributed by atoms with Crippen LogP contribution >= 0.6 is 0 Å². The standard InChI is InChI=1S/C16H14O4/c1-20-13-6-7-14(16(19)10-13)15(18)8-5-11-3-2-4-12(17)9-11/h2-10,17,19H,1H3/b8-5-. The fourth-order valence-corrected chi connectivity index (χ4v) is 1.74. The van der Waals surface area contributed by atoms with Gasteiger partial charge in [0.05, 0.1) is 12.7 Å². The van der Waals surface area contributed by atoms with Crippen molar-refractivity contribution in [3.8, 4) is 17.2 Å². The van der Waals surface area contributed by atoms with Crippen LogP contribution in [0.4, 0.5) is 0 Å². The number of carbonyl (C=O) groups is 1. The molecule has 0 heterocycles. The fourth-order valence-electron chi connectivity index (χ4n) is 1.74. The molecule has 0 atom stereocenters. The predicted octanol–water partition coefficient (Wildman–Crippen LogP) is 3.00. The Morgan fingerprint density at radius 1 is 1.15 bits per heavy atom. The lowest BCUT2D eigenvalue weighted by Gasteiger charge is -2.03. The van der Waals surface area contributed by atoms with Crippen molar-refractivity contribution in [2.45, 2.75) is 0 Å². The molecule has 2 aromatic carbocycles. The van der Waals surface area contributed by atoms with Gasteiger partial charge in [0.25, 0.3) is 0 Å². The van der Waals surface area contributed by atoms with Crippen LogP contribution in [-0.4, -0.2) is 23.1 Å². The van der Waals surface area contributed by atoms with Gasteiger partial charge in [0.15, 0.2) is 5.78 Å². The molecule has 0 amide bonds. The molecule has 102 valence electrons. The summed E-state index contributed by atoms with van der Waals surface area (Å²) in [7, 11) is 1.48. The van der Waals surface area contributed by atoms with E-state index in [0.29, 0.717) is 11.3 Å². The van der Waals surface area contributed by atoms with E-state index in [1.165, 1.54) is 31.4 Å². The van der Waals surface area contributed by atoms with E-state index in [9.17, 15) is 15.0 Å². The maximum Gasteiger partial charge on any atom is 0.189 e. The van der Waals surface area contributed by atoms with Crippen LogP contribution in [0.3, 0.4) is 0 Å². The Hall–Kier alpha value is -2.75. The molecule has 20 heavy (non-hydrogen) atoms. The van der Waals surface area contributed by atoms with Gasteiger partial charge in [-0.15, -0.1) is 0 Å². The van der Waals surface area contributed by atoms with Gasteiger partial charge in [0.1, 0.15) is 17.2 Å². The number of ether oxygens (including phenoxy) is 1. The van der Waals surface area contributed by atoms with Crippen LogP contribution in [0.25, 0.3) is 6.08 Å². The normalized spacial score (nSPS) is 10.7. The van der Waals surface area contributed by atoms with Gasteiger partial charge in [-0.25, -0.2) is 0 Å². The van der Waals surface area contributed by atoms with Gasteiger partial charge in [-0.1, -0.05) is 18.2 Å². The minimum Gasteiger partial charge on any atom is -0.508 e. The van der Waals surface area contributed by atoms with E-state index in [1.54, 1.807) is 30.3 Å². The van der Waals surface area contributed by atoms with Crippen molar-refractivity contribution in [2.24, 2.45) is 0 Å². The van der Waals surface area contributed by atoms with E-state index in [0.717, 1.165) is 0 Å². The van der Waals surface area contributed by atoms with Gasteiger partial charge in [-0.3, -0.25) is 4.79 Å². The molecule has 2 aromatic rings. The van der Waals surface area contributed by atoms with Crippen molar-refractivity contribution in [1.29, 1.82) is 0 Å². The Morgan fingerprint density at radius 2 is 1.95 bits per heavy atom. The number of hydrogen-bond donors (Lipinski definition) is 2. The zero-order valence-corrected chi connectivity index (χ0v) is 10.9. The summed E-state index contributed by atoms with van der Waals surface area (Å²) in [6.45, 7) is 0. The van der Waals surface area contributed by atoms with Gasteiger partial charge >= 0.3 is 0 Å². The first-order valence-electron chi connectivity index (χ1n) is 5.98. The Labute approximate surface area is 116 Å². The number of benzene rings is 2. The van der Waals surface area contributed by atoms with Crippen molar-refractivity contribution in [3.05, 3.63) is 59.7 Å². The second-order valence-electron chi connectivity index (χ2n) is 4.18. The number of carbonyl (C=O) groups excluding carboxylic acids is 1. The number of aromatic hydroxyl groups is 2. The largest absolute Gasteiger partial charge is 0.508 e. The highest BCUT2D eigenvalue weighted by molar-refractivity contribution is 6.08. The van der Waals surface area contributed by atoms with Crippen LogP contribution < -0.4 is 4.74 Å². The summed E-state index contributed by atoms with van der Waals surface area (Å²) in [5, 5.41) is 19.1. The lowest BCUT2D eigenvalue weighted by Crippen LogP contribution is -1.95. The van der Waals surface area contributed by atoms with Crippen LogP contribution in [-0.2, 0) is 0 Å². The molecule has 4 heteroatoms. The molecule has 0 aliphatic carbocycles. The van der Waals surface area contributed by atoms with Crippen molar-refractivity contribution in [1.82, 2.24) is 0 Å². The Bertz CT molecular complexity index is 659. The molecule has 0 aromatic heterocycles. The van der Waals surface area contributed by atoms with Gasteiger partial charge in [-0.2, -0.15) is 0 Å². The molecule has 2 N–H and O–H groups in total. The van der Waals surface area contributed by atoms with Crippen LogP contribution in [0.1, 0.15) is 15.9 Å². The lowest BCUT2D eigenvalue weighted by molar-refractivity contribution is 0.104. The summed E-state index contributed by atoms with van der Waals surface area (Å²) in [6.07, 6.45) is 2.92. The monoisotopic (exact) mass is 270 g/mol. The Balaban J connectivity index is 2.20. The number of phenolic OH excluding ortho intramolecular Hbond substituents is 2. The number of methoxy groups -OCH3 is 1. The molecular weight excluding hydrogens is 256 g/mol. The number of allylic oxidation sites excluding steroid dienone is 1. The Morgan fingerprint density at radius 3 is 2.60 bits per heavy atom. The van der Waals surface area contributed by atoms with E-state index in [-0.39, 0.29) is 22.8 Å². The summed E-state index contributed by atoms with van der Waals surface area (Å²) in [5.74, 6) is 0.159. The average Bonchev–Trinajstić information content (AvgIpc) is 2.44. The minimum atomic E-state index is -0.325. The maximum atomic E-state index is 12.0. The molecule has 0 saturated heterocycles. The summed E-state index contributed by atoms with van der Waals surface area (Å²) in [4.78, 5) is 12.0.